The maximum absolute atomic E-state index is 12.4. The van der Waals surface area contributed by atoms with E-state index < -0.39 is 12.1 Å². The fourth-order valence-corrected chi connectivity index (χ4v) is 2.62. The quantitative estimate of drug-likeness (QED) is 0.401. The molecule has 2 amide bonds. The van der Waals surface area contributed by atoms with Crippen molar-refractivity contribution in [3.05, 3.63) is 83.9 Å². The Hall–Kier alpha value is -4.33. The Labute approximate surface area is 178 Å². The number of ether oxygens (including phenoxy) is 2. The summed E-state index contributed by atoms with van der Waals surface area (Å²) in [6.45, 7) is 1.87. The first-order valence-corrected chi connectivity index (χ1v) is 9.41. The average Bonchev–Trinajstić information content (AvgIpc) is 2.76. The molecule has 0 aromatic heterocycles. The highest BCUT2D eigenvalue weighted by molar-refractivity contribution is 6.06. The maximum Gasteiger partial charge on any atom is 0.513 e. The number of rotatable bonds is 6. The van der Waals surface area contributed by atoms with Crippen molar-refractivity contribution in [2.75, 3.05) is 17.2 Å². The van der Waals surface area contributed by atoms with E-state index in [2.05, 4.69) is 15.4 Å². The van der Waals surface area contributed by atoms with Crippen molar-refractivity contribution in [2.45, 2.75) is 6.92 Å². The van der Waals surface area contributed by atoms with Crippen LogP contribution in [0.1, 0.15) is 27.6 Å². The Kier molecular flexibility index (Phi) is 6.85. The SMILES string of the molecule is CCOC(=O)Oc1ccc(C(=O)Nc2ccc(NC(=O)c3ccccc3O)cc2)cc1. The van der Waals surface area contributed by atoms with Gasteiger partial charge in [-0.25, -0.2) is 4.79 Å². The van der Waals surface area contributed by atoms with Crippen LogP contribution in [0.3, 0.4) is 0 Å². The van der Waals surface area contributed by atoms with Gasteiger partial charge in [0.2, 0.25) is 0 Å². The molecule has 0 fully saturated rings. The van der Waals surface area contributed by atoms with Gasteiger partial charge in [-0.05, 0) is 67.6 Å². The number of benzene rings is 3. The molecule has 31 heavy (non-hydrogen) atoms. The zero-order chi connectivity index (χ0) is 22.2. The molecule has 158 valence electrons. The van der Waals surface area contributed by atoms with E-state index in [1.165, 1.54) is 36.4 Å². The lowest BCUT2D eigenvalue weighted by Crippen LogP contribution is -2.13. The molecule has 8 heteroatoms. The zero-order valence-electron chi connectivity index (χ0n) is 16.6. The van der Waals surface area contributed by atoms with Gasteiger partial charge in [-0.3, -0.25) is 9.59 Å². The third-order valence-corrected chi connectivity index (χ3v) is 4.13. The number of anilines is 2. The standard InChI is InChI=1S/C23H20N2O6/c1-2-30-23(29)31-18-13-7-15(8-14-18)21(27)24-16-9-11-17(12-10-16)25-22(28)19-5-3-4-6-20(19)26/h3-14,26H,2H2,1H3,(H,24,27)(H,25,28). The lowest BCUT2D eigenvalue weighted by molar-refractivity contribution is 0.101. The molecule has 0 aliphatic carbocycles. The van der Waals surface area contributed by atoms with Gasteiger partial charge in [0.25, 0.3) is 11.8 Å². The van der Waals surface area contributed by atoms with Crippen LogP contribution in [0, 0.1) is 0 Å². The number of hydrogen-bond acceptors (Lipinski definition) is 6. The number of aromatic hydroxyl groups is 1. The highest BCUT2D eigenvalue weighted by Crippen LogP contribution is 2.20. The smallest absolute Gasteiger partial charge is 0.507 e. The van der Waals surface area contributed by atoms with Crippen LogP contribution in [-0.2, 0) is 4.74 Å². The highest BCUT2D eigenvalue weighted by Gasteiger charge is 2.11. The first kappa shape index (κ1) is 21.4. The first-order chi connectivity index (χ1) is 15.0. The number of phenolic OH excluding ortho intramolecular Hbond substituents is 1. The van der Waals surface area contributed by atoms with Crippen molar-refractivity contribution in [2.24, 2.45) is 0 Å². The maximum atomic E-state index is 12.4. The predicted octanol–water partition coefficient (Wildman–Crippen LogP) is 4.43. The number of carbonyl (C=O) groups excluding carboxylic acids is 3. The van der Waals surface area contributed by atoms with E-state index in [4.69, 9.17) is 4.74 Å². The molecular formula is C23H20N2O6. The van der Waals surface area contributed by atoms with Gasteiger partial charge in [-0.15, -0.1) is 0 Å². The molecule has 3 aromatic carbocycles. The van der Waals surface area contributed by atoms with E-state index in [1.807, 2.05) is 0 Å². The summed E-state index contributed by atoms with van der Waals surface area (Å²) >= 11 is 0. The monoisotopic (exact) mass is 420 g/mol. The number of amides is 2. The summed E-state index contributed by atoms with van der Waals surface area (Å²) in [6.07, 6.45) is -0.811. The molecule has 3 aromatic rings. The summed E-state index contributed by atoms with van der Waals surface area (Å²) in [5, 5.41) is 15.2. The van der Waals surface area contributed by atoms with E-state index >= 15 is 0 Å². The lowest BCUT2D eigenvalue weighted by atomic mass is 10.1. The average molecular weight is 420 g/mol. The van der Waals surface area contributed by atoms with Gasteiger partial charge in [-0.2, -0.15) is 0 Å². The number of phenols is 1. The molecule has 0 atom stereocenters. The number of carbonyl (C=O) groups is 3. The van der Waals surface area contributed by atoms with Crippen LogP contribution in [0.2, 0.25) is 0 Å². The fraction of sp³-hybridized carbons (Fsp3) is 0.0870. The normalized spacial score (nSPS) is 10.1. The van der Waals surface area contributed by atoms with Crippen molar-refractivity contribution in [1.82, 2.24) is 0 Å². The zero-order valence-corrected chi connectivity index (χ0v) is 16.6. The highest BCUT2D eigenvalue weighted by atomic mass is 16.7. The van der Waals surface area contributed by atoms with Crippen LogP contribution in [0.5, 0.6) is 11.5 Å². The summed E-state index contributed by atoms with van der Waals surface area (Å²) < 4.78 is 9.64. The van der Waals surface area contributed by atoms with Crippen molar-refractivity contribution in [3.63, 3.8) is 0 Å². The van der Waals surface area contributed by atoms with Crippen molar-refractivity contribution >= 4 is 29.3 Å². The summed E-state index contributed by atoms with van der Waals surface area (Å²) in [7, 11) is 0. The van der Waals surface area contributed by atoms with E-state index in [9.17, 15) is 19.5 Å². The van der Waals surface area contributed by atoms with Gasteiger partial charge >= 0.3 is 6.16 Å². The van der Waals surface area contributed by atoms with E-state index in [0.29, 0.717) is 16.9 Å². The van der Waals surface area contributed by atoms with Crippen LogP contribution in [0.25, 0.3) is 0 Å². The van der Waals surface area contributed by atoms with E-state index in [1.54, 1.807) is 43.3 Å². The Balaban J connectivity index is 1.58. The minimum atomic E-state index is -0.811. The molecule has 0 saturated heterocycles. The largest absolute Gasteiger partial charge is 0.513 e. The van der Waals surface area contributed by atoms with Crippen LogP contribution in [0.4, 0.5) is 16.2 Å². The molecule has 8 nitrogen and oxygen atoms in total. The third kappa shape index (κ3) is 5.83. The molecule has 3 rings (SSSR count). The molecular weight excluding hydrogens is 400 g/mol. The second-order valence-electron chi connectivity index (χ2n) is 6.31. The molecule has 0 saturated carbocycles. The predicted molar refractivity (Wildman–Crippen MR) is 115 cm³/mol. The van der Waals surface area contributed by atoms with Gasteiger partial charge < -0.3 is 25.2 Å². The van der Waals surface area contributed by atoms with Gasteiger partial charge in [0.1, 0.15) is 11.5 Å². The van der Waals surface area contributed by atoms with Crippen LogP contribution >= 0.6 is 0 Å². The number of hydrogen-bond donors (Lipinski definition) is 3. The minimum Gasteiger partial charge on any atom is -0.507 e. The summed E-state index contributed by atoms with van der Waals surface area (Å²) in [6, 6.07) is 18.8. The summed E-state index contributed by atoms with van der Waals surface area (Å²) in [4.78, 5) is 35.9. The first-order valence-electron chi connectivity index (χ1n) is 9.41. The Morgan fingerprint density at radius 1 is 0.806 bits per heavy atom. The third-order valence-electron chi connectivity index (χ3n) is 4.13. The summed E-state index contributed by atoms with van der Waals surface area (Å²) in [5.41, 5.74) is 1.56. The second kappa shape index (κ2) is 9.93. The Bertz CT molecular complexity index is 1080. The number of para-hydroxylation sites is 1. The molecule has 3 N–H and O–H groups in total. The molecule has 0 heterocycles. The number of nitrogens with one attached hydrogen (secondary N) is 2. The molecule has 0 unspecified atom stereocenters. The molecule has 0 spiro atoms. The molecule has 0 radical (unpaired) electrons. The van der Waals surface area contributed by atoms with Crippen LogP contribution in [-0.4, -0.2) is 29.7 Å². The Morgan fingerprint density at radius 2 is 1.39 bits per heavy atom. The second-order valence-corrected chi connectivity index (χ2v) is 6.31. The summed E-state index contributed by atoms with van der Waals surface area (Å²) in [5.74, 6) is -0.643. The van der Waals surface area contributed by atoms with E-state index in [0.717, 1.165) is 0 Å². The van der Waals surface area contributed by atoms with Gasteiger partial charge in [0.05, 0.1) is 12.2 Å². The van der Waals surface area contributed by atoms with Crippen LogP contribution in [0.15, 0.2) is 72.8 Å². The van der Waals surface area contributed by atoms with Crippen LogP contribution < -0.4 is 15.4 Å². The fourth-order valence-electron chi connectivity index (χ4n) is 2.62. The topological polar surface area (TPSA) is 114 Å². The molecule has 0 aliphatic heterocycles. The molecule has 0 aliphatic rings. The molecule has 0 bridgehead atoms. The Morgan fingerprint density at radius 3 is 1.97 bits per heavy atom. The van der Waals surface area contributed by atoms with Crippen molar-refractivity contribution < 1.29 is 29.0 Å². The van der Waals surface area contributed by atoms with Crippen molar-refractivity contribution in [1.29, 1.82) is 0 Å². The minimum absolute atomic E-state index is 0.109. The van der Waals surface area contributed by atoms with E-state index in [-0.39, 0.29) is 29.6 Å². The lowest BCUT2D eigenvalue weighted by Gasteiger charge is -2.09. The van der Waals surface area contributed by atoms with Gasteiger partial charge in [0, 0.05) is 16.9 Å². The van der Waals surface area contributed by atoms with Crippen molar-refractivity contribution in [3.8, 4) is 11.5 Å². The van der Waals surface area contributed by atoms with Gasteiger partial charge in [-0.1, -0.05) is 12.1 Å². The van der Waals surface area contributed by atoms with Gasteiger partial charge in [0.15, 0.2) is 0 Å².